The van der Waals surface area contributed by atoms with Gasteiger partial charge >= 0.3 is 0 Å². The van der Waals surface area contributed by atoms with Crippen molar-refractivity contribution in [3.05, 3.63) is 42.7 Å². The second kappa shape index (κ2) is 4.27. The average molecular weight is 194 g/mol. The van der Waals surface area contributed by atoms with Gasteiger partial charge in [-0.25, -0.2) is 4.39 Å². The molecule has 0 saturated heterocycles. The molecule has 1 nitrogen and oxygen atoms in total. The molecule has 0 fully saturated rings. The lowest BCUT2D eigenvalue weighted by molar-refractivity contribution is 0.113. The van der Waals surface area contributed by atoms with Crippen LogP contribution in [0.25, 0.3) is 0 Å². The van der Waals surface area contributed by atoms with Crippen molar-refractivity contribution in [2.45, 2.75) is 25.9 Å². The second-order valence-electron chi connectivity index (χ2n) is 3.81. The molecule has 0 heterocycles. The fourth-order valence-electron chi connectivity index (χ4n) is 1.21. The number of hydrogen-bond acceptors (Lipinski definition) is 1. The largest absolute Gasteiger partial charge is 0.488 e. The van der Waals surface area contributed by atoms with E-state index in [1.807, 2.05) is 19.9 Å². The van der Waals surface area contributed by atoms with Crippen LogP contribution >= 0.6 is 0 Å². The second-order valence-corrected chi connectivity index (χ2v) is 3.81. The molecule has 0 aliphatic heterocycles. The van der Waals surface area contributed by atoms with Crippen molar-refractivity contribution in [3.63, 3.8) is 0 Å². The minimum Gasteiger partial charge on any atom is -0.488 e. The summed E-state index contributed by atoms with van der Waals surface area (Å²) in [4.78, 5) is 0. The molecule has 0 N–H and O–H groups in total. The Hall–Kier alpha value is -1.31. The fourth-order valence-corrected chi connectivity index (χ4v) is 1.21. The van der Waals surface area contributed by atoms with Crippen LogP contribution < -0.4 is 4.74 Å². The van der Waals surface area contributed by atoms with Gasteiger partial charge in [0.15, 0.2) is 0 Å². The van der Waals surface area contributed by atoms with Crippen LogP contribution in [-0.4, -0.2) is 5.60 Å². The third-order valence-corrected chi connectivity index (χ3v) is 1.84. The van der Waals surface area contributed by atoms with Crippen molar-refractivity contribution in [3.8, 4) is 5.75 Å². The van der Waals surface area contributed by atoms with Gasteiger partial charge in [-0.2, -0.15) is 0 Å². The molecule has 0 saturated carbocycles. The molecule has 1 rings (SSSR count). The molecule has 0 spiro atoms. The van der Waals surface area contributed by atoms with Crippen molar-refractivity contribution in [1.82, 2.24) is 0 Å². The van der Waals surface area contributed by atoms with Gasteiger partial charge in [0.05, 0.1) is 0 Å². The van der Waals surface area contributed by atoms with Gasteiger partial charge < -0.3 is 4.74 Å². The van der Waals surface area contributed by atoms with Crippen LogP contribution in [-0.2, 0) is 0 Å². The number of hydrogen-bond donors (Lipinski definition) is 0. The lowest BCUT2D eigenvalue weighted by atomic mass is 10.1. The molecule has 0 bridgehead atoms. The highest BCUT2D eigenvalue weighted by Gasteiger charge is 2.17. The molecule has 14 heavy (non-hydrogen) atoms. The van der Waals surface area contributed by atoms with Gasteiger partial charge in [0, 0.05) is 6.42 Å². The van der Waals surface area contributed by atoms with E-state index in [0.717, 1.165) is 6.42 Å². The Morgan fingerprint density at radius 3 is 2.43 bits per heavy atom. The van der Waals surface area contributed by atoms with Crippen LogP contribution in [0.5, 0.6) is 5.75 Å². The standard InChI is InChI=1S/C12H15FO/c1-4-9-12(2,3)14-11-7-5-10(13)6-8-11/h4-8H,1,9H2,2-3H3. The van der Waals surface area contributed by atoms with Gasteiger partial charge in [-0.3, -0.25) is 0 Å². The van der Waals surface area contributed by atoms with Gasteiger partial charge in [0.1, 0.15) is 17.2 Å². The highest BCUT2D eigenvalue weighted by Crippen LogP contribution is 2.21. The Labute approximate surface area is 84.2 Å². The van der Waals surface area contributed by atoms with Crippen LogP contribution in [0.4, 0.5) is 4.39 Å². The summed E-state index contributed by atoms with van der Waals surface area (Å²) in [5, 5.41) is 0. The summed E-state index contributed by atoms with van der Waals surface area (Å²) in [7, 11) is 0. The van der Waals surface area contributed by atoms with Gasteiger partial charge in [0.25, 0.3) is 0 Å². The molecule has 0 aromatic heterocycles. The Bertz CT molecular complexity index is 301. The molecule has 0 aliphatic rings. The summed E-state index contributed by atoms with van der Waals surface area (Å²) >= 11 is 0. The maximum absolute atomic E-state index is 12.6. The summed E-state index contributed by atoms with van der Waals surface area (Å²) in [5.41, 5.74) is -0.292. The van der Waals surface area contributed by atoms with E-state index in [0.29, 0.717) is 5.75 Å². The first-order valence-electron chi connectivity index (χ1n) is 4.59. The van der Waals surface area contributed by atoms with Crippen LogP contribution in [0.1, 0.15) is 20.3 Å². The zero-order chi connectivity index (χ0) is 10.6. The summed E-state index contributed by atoms with van der Waals surface area (Å²) in [6, 6.07) is 6.03. The minimum absolute atomic E-state index is 0.251. The van der Waals surface area contributed by atoms with Crippen molar-refractivity contribution in [2.24, 2.45) is 0 Å². The van der Waals surface area contributed by atoms with Crippen LogP contribution in [0.2, 0.25) is 0 Å². The normalized spacial score (nSPS) is 11.1. The molecule has 1 aromatic rings. The third-order valence-electron chi connectivity index (χ3n) is 1.84. The van der Waals surface area contributed by atoms with Gasteiger partial charge in [0.2, 0.25) is 0 Å². The van der Waals surface area contributed by atoms with Crippen LogP contribution in [0.15, 0.2) is 36.9 Å². The van der Waals surface area contributed by atoms with E-state index in [2.05, 4.69) is 6.58 Å². The van der Waals surface area contributed by atoms with Gasteiger partial charge in [-0.1, -0.05) is 6.08 Å². The molecule has 0 atom stereocenters. The zero-order valence-electron chi connectivity index (χ0n) is 8.59. The third kappa shape index (κ3) is 3.21. The topological polar surface area (TPSA) is 9.23 Å². The van der Waals surface area contributed by atoms with E-state index in [9.17, 15) is 4.39 Å². The van der Waals surface area contributed by atoms with Gasteiger partial charge in [-0.15, -0.1) is 6.58 Å². The molecule has 1 aromatic carbocycles. The van der Waals surface area contributed by atoms with E-state index in [1.165, 1.54) is 12.1 Å². The maximum atomic E-state index is 12.6. The molecule has 0 amide bonds. The molecule has 0 radical (unpaired) electrons. The number of halogens is 1. The molecular formula is C12H15FO. The summed E-state index contributed by atoms with van der Waals surface area (Å²) in [6.45, 7) is 7.60. The number of ether oxygens (including phenoxy) is 1. The monoisotopic (exact) mass is 194 g/mol. The Morgan fingerprint density at radius 1 is 1.36 bits per heavy atom. The van der Waals surface area contributed by atoms with Crippen molar-refractivity contribution in [2.75, 3.05) is 0 Å². The van der Waals surface area contributed by atoms with Crippen molar-refractivity contribution < 1.29 is 9.13 Å². The molecular weight excluding hydrogens is 179 g/mol. The van der Waals surface area contributed by atoms with Crippen molar-refractivity contribution >= 4 is 0 Å². The number of benzene rings is 1. The lowest BCUT2D eigenvalue weighted by Crippen LogP contribution is -2.27. The highest BCUT2D eigenvalue weighted by atomic mass is 19.1. The molecule has 76 valence electrons. The van der Waals surface area contributed by atoms with Gasteiger partial charge in [-0.05, 0) is 38.1 Å². The summed E-state index contributed by atoms with van der Waals surface area (Å²) in [6.07, 6.45) is 2.56. The average Bonchev–Trinajstić information content (AvgIpc) is 2.08. The van der Waals surface area contributed by atoms with E-state index in [-0.39, 0.29) is 11.4 Å². The molecule has 0 aliphatic carbocycles. The first-order chi connectivity index (χ1) is 6.53. The van der Waals surface area contributed by atoms with E-state index in [1.54, 1.807) is 12.1 Å². The first-order valence-corrected chi connectivity index (χ1v) is 4.59. The Balaban J connectivity index is 2.68. The minimum atomic E-state index is -0.292. The first kappa shape index (κ1) is 10.8. The Morgan fingerprint density at radius 2 is 1.93 bits per heavy atom. The Kier molecular flexibility index (Phi) is 3.28. The van der Waals surface area contributed by atoms with Crippen LogP contribution in [0, 0.1) is 5.82 Å². The zero-order valence-corrected chi connectivity index (χ0v) is 8.59. The smallest absolute Gasteiger partial charge is 0.123 e. The number of rotatable bonds is 4. The van der Waals surface area contributed by atoms with E-state index < -0.39 is 0 Å². The predicted octanol–water partition coefficient (Wildman–Crippen LogP) is 3.56. The van der Waals surface area contributed by atoms with E-state index >= 15 is 0 Å². The summed E-state index contributed by atoms with van der Waals surface area (Å²) in [5.74, 6) is 0.428. The highest BCUT2D eigenvalue weighted by molar-refractivity contribution is 5.23. The molecule has 0 unspecified atom stereocenters. The fraction of sp³-hybridized carbons (Fsp3) is 0.333. The van der Waals surface area contributed by atoms with Crippen molar-refractivity contribution in [1.29, 1.82) is 0 Å². The lowest BCUT2D eigenvalue weighted by Gasteiger charge is -2.25. The molecule has 2 heteroatoms. The van der Waals surface area contributed by atoms with Crippen LogP contribution in [0.3, 0.4) is 0 Å². The SMILES string of the molecule is C=CCC(C)(C)Oc1ccc(F)cc1. The maximum Gasteiger partial charge on any atom is 0.123 e. The predicted molar refractivity (Wildman–Crippen MR) is 55.9 cm³/mol. The quantitative estimate of drug-likeness (QED) is 0.666. The van der Waals surface area contributed by atoms with E-state index in [4.69, 9.17) is 4.74 Å². The summed E-state index contributed by atoms with van der Waals surface area (Å²) < 4.78 is 18.3.